The molecule has 1 atom stereocenters. The van der Waals surface area contributed by atoms with Gasteiger partial charge in [-0.3, -0.25) is 4.79 Å². The molecule has 0 radical (unpaired) electrons. The van der Waals surface area contributed by atoms with Crippen LogP contribution in [-0.4, -0.2) is 42.5 Å². The highest BCUT2D eigenvalue weighted by atomic mass is 19.4. The number of amides is 1. The Bertz CT molecular complexity index is 525. The second-order valence-corrected chi connectivity index (χ2v) is 7.19. The van der Waals surface area contributed by atoms with Crippen molar-refractivity contribution in [1.82, 2.24) is 5.32 Å². The number of unbranched alkanes of at least 4 members (excludes halogenated alkanes) is 9. The van der Waals surface area contributed by atoms with E-state index in [1.165, 1.54) is 25.7 Å². The van der Waals surface area contributed by atoms with Crippen molar-refractivity contribution >= 4 is 11.9 Å². The Kier molecular flexibility index (Phi) is 12.3. The van der Waals surface area contributed by atoms with E-state index in [9.17, 15) is 40.3 Å². The lowest BCUT2D eigenvalue weighted by Gasteiger charge is -2.27. The number of rotatable bonds is 15. The van der Waals surface area contributed by atoms with E-state index in [0.717, 1.165) is 44.3 Å². The summed E-state index contributed by atoms with van der Waals surface area (Å²) in [5.41, 5.74) is 0. The molecule has 0 saturated heterocycles. The van der Waals surface area contributed by atoms with Crippen LogP contribution < -0.4 is 5.32 Å². The minimum atomic E-state index is -6.63. The third-order valence-electron chi connectivity index (χ3n) is 4.48. The van der Waals surface area contributed by atoms with Crippen LogP contribution in [0.25, 0.3) is 0 Å². The Morgan fingerprint density at radius 3 is 1.67 bits per heavy atom. The van der Waals surface area contributed by atoms with Crippen molar-refractivity contribution in [3.63, 3.8) is 0 Å². The lowest BCUT2D eigenvalue weighted by molar-refractivity contribution is -0.344. The highest BCUT2D eigenvalue weighted by Gasteiger charge is 2.76. The Balaban J connectivity index is 4.13. The van der Waals surface area contributed by atoms with E-state index in [1.807, 2.05) is 0 Å². The SMILES string of the molecule is CCCCCCCCCCCCOC(=O)C(C)NC(=O)C(F)(F)C(F)(F)C(F)(F)F. The predicted molar refractivity (Wildman–Crippen MR) is 96.4 cm³/mol. The molecular weight excluding hydrogens is 423 g/mol. The molecule has 30 heavy (non-hydrogen) atoms. The molecule has 0 aromatic carbocycles. The molecule has 0 aromatic heterocycles. The van der Waals surface area contributed by atoms with Gasteiger partial charge in [-0.15, -0.1) is 0 Å². The maximum Gasteiger partial charge on any atom is 0.460 e. The van der Waals surface area contributed by atoms with Crippen LogP contribution in [0.4, 0.5) is 30.7 Å². The molecule has 0 aliphatic carbocycles. The van der Waals surface area contributed by atoms with Gasteiger partial charge in [-0.1, -0.05) is 64.7 Å². The largest absolute Gasteiger partial charge is 0.464 e. The number of esters is 1. The molecule has 178 valence electrons. The van der Waals surface area contributed by atoms with E-state index in [0.29, 0.717) is 6.42 Å². The fourth-order valence-electron chi connectivity index (χ4n) is 2.55. The molecular formula is C19H30F7NO3. The average molecular weight is 453 g/mol. The van der Waals surface area contributed by atoms with E-state index in [2.05, 4.69) is 6.92 Å². The second kappa shape index (κ2) is 13.0. The lowest BCUT2D eigenvalue weighted by Crippen LogP contribution is -2.61. The Morgan fingerprint density at radius 1 is 0.800 bits per heavy atom. The predicted octanol–water partition coefficient (Wildman–Crippen LogP) is 5.79. The van der Waals surface area contributed by atoms with Gasteiger partial charge in [0.15, 0.2) is 0 Å². The van der Waals surface area contributed by atoms with Gasteiger partial charge in [-0.05, 0) is 13.3 Å². The highest BCUT2D eigenvalue weighted by molar-refractivity contribution is 5.89. The normalized spacial score (nSPS) is 13.8. The van der Waals surface area contributed by atoms with Crippen molar-refractivity contribution in [2.75, 3.05) is 6.61 Å². The summed E-state index contributed by atoms with van der Waals surface area (Å²) in [4.78, 5) is 22.8. The van der Waals surface area contributed by atoms with E-state index in [4.69, 9.17) is 4.74 Å². The van der Waals surface area contributed by atoms with Crippen LogP contribution in [0.2, 0.25) is 0 Å². The van der Waals surface area contributed by atoms with Gasteiger partial charge in [-0.25, -0.2) is 4.79 Å². The summed E-state index contributed by atoms with van der Waals surface area (Å²) in [6.45, 7) is 2.91. The first-order chi connectivity index (χ1) is 13.8. The first-order valence-corrected chi connectivity index (χ1v) is 10.1. The van der Waals surface area contributed by atoms with Gasteiger partial charge in [0, 0.05) is 0 Å². The third kappa shape index (κ3) is 9.07. The summed E-state index contributed by atoms with van der Waals surface area (Å²) < 4.78 is 93.0. The zero-order valence-electron chi connectivity index (χ0n) is 17.2. The van der Waals surface area contributed by atoms with Crippen molar-refractivity contribution in [3.05, 3.63) is 0 Å². The number of carbonyl (C=O) groups excluding carboxylic acids is 2. The van der Waals surface area contributed by atoms with Crippen LogP contribution in [0, 0.1) is 0 Å². The van der Waals surface area contributed by atoms with Crippen molar-refractivity contribution in [1.29, 1.82) is 0 Å². The third-order valence-corrected chi connectivity index (χ3v) is 4.48. The topological polar surface area (TPSA) is 55.4 Å². The number of alkyl halides is 7. The second-order valence-electron chi connectivity index (χ2n) is 7.19. The fourth-order valence-corrected chi connectivity index (χ4v) is 2.55. The molecule has 1 N–H and O–H groups in total. The standard InChI is InChI=1S/C19H30F7NO3/c1-3-4-5-6-7-8-9-10-11-12-13-30-15(28)14(2)27-16(29)17(20,21)18(22,23)19(24,25)26/h14H,3-13H2,1-2H3,(H,27,29). The molecule has 1 amide bonds. The van der Waals surface area contributed by atoms with Gasteiger partial charge in [0.05, 0.1) is 6.61 Å². The van der Waals surface area contributed by atoms with E-state index in [1.54, 1.807) is 0 Å². The Hall–Kier alpha value is -1.55. The van der Waals surface area contributed by atoms with Crippen molar-refractivity contribution in [2.45, 2.75) is 102 Å². The van der Waals surface area contributed by atoms with Gasteiger partial charge in [-0.2, -0.15) is 30.7 Å². The zero-order chi connectivity index (χ0) is 23.4. The van der Waals surface area contributed by atoms with E-state index >= 15 is 0 Å². The molecule has 11 heteroatoms. The van der Waals surface area contributed by atoms with Crippen LogP contribution in [0.3, 0.4) is 0 Å². The summed E-state index contributed by atoms with van der Waals surface area (Å²) >= 11 is 0. The zero-order valence-corrected chi connectivity index (χ0v) is 17.2. The highest BCUT2D eigenvalue weighted by Crippen LogP contribution is 2.46. The molecule has 0 aliphatic rings. The first kappa shape index (κ1) is 28.5. The molecule has 0 fully saturated rings. The Morgan fingerprint density at radius 2 is 1.23 bits per heavy atom. The number of ether oxygens (including phenoxy) is 1. The number of halogens is 7. The van der Waals surface area contributed by atoms with Crippen LogP contribution >= 0.6 is 0 Å². The smallest absolute Gasteiger partial charge is 0.460 e. The number of carbonyl (C=O) groups is 2. The monoisotopic (exact) mass is 453 g/mol. The number of hydrogen-bond acceptors (Lipinski definition) is 3. The summed E-state index contributed by atoms with van der Waals surface area (Å²) in [5, 5.41) is 1.14. The van der Waals surface area contributed by atoms with Gasteiger partial charge in [0.2, 0.25) is 0 Å². The summed E-state index contributed by atoms with van der Waals surface area (Å²) in [6.07, 6.45) is 3.62. The molecule has 0 bridgehead atoms. The molecule has 0 heterocycles. The minimum absolute atomic E-state index is 0.0787. The number of hydrogen-bond donors (Lipinski definition) is 1. The van der Waals surface area contributed by atoms with Crippen molar-refractivity contribution < 1.29 is 45.1 Å². The molecule has 1 unspecified atom stereocenters. The van der Waals surface area contributed by atoms with Crippen molar-refractivity contribution in [3.8, 4) is 0 Å². The van der Waals surface area contributed by atoms with Crippen LogP contribution in [-0.2, 0) is 14.3 Å². The van der Waals surface area contributed by atoms with E-state index < -0.39 is 35.9 Å². The maximum absolute atomic E-state index is 13.2. The molecule has 0 aromatic rings. The molecule has 0 spiro atoms. The average Bonchev–Trinajstić information content (AvgIpc) is 2.64. The number of nitrogens with one attached hydrogen (secondary N) is 1. The van der Waals surface area contributed by atoms with Gasteiger partial charge < -0.3 is 10.1 Å². The van der Waals surface area contributed by atoms with Crippen LogP contribution in [0.1, 0.15) is 78.1 Å². The molecule has 4 nitrogen and oxygen atoms in total. The summed E-state index contributed by atoms with van der Waals surface area (Å²) in [7, 11) is 0. The molecule has 0 rings (SSSR count). The van der Waals surface area contributed by atoms with Crippen molar-refractivity contribution in [2.24, 2.45) is 0 Å². The maximum atomic E-state index is 13.2. The van der Waals surface area contributed by atoms with Crippen LogP contribution in [0.15, 0.2) is 0 Å². The fraction of sp³-hybridized carbons (Fsp3) is 0.895. The van der Waals surface area contributed by atoms with Gasteiger partial charge in [0.25, 0.3) is 5.91 Å². The minimum Gasteiger partial charge on any atom is -0.464 e. The first-order valence-electron chi connectivity index (χ1n) is 10.1. The van der Waals surface area contributed by atoms with E-state index in [-0.39, 0.29) is 6.61 Å². The quantitative estimate of drug-likeness (QED) is 0.194. The molecule has 0 aliphatic heterocycles. The van der Waals surface area contributed by atoms with Gasteiger partial charge in [0.1, 0.15) is 6.04 Å². The Labute approximate surface area is 171 Å². The lowest BCUT2D eigenvalue weighted by atomic mass is 10.1. The summed E-state index contributed by atoms with van der Waals surface area (Å²) in [5.74, 6) is -16.8. The summed E-state index contributed by atoms with van der Waals surface area (Å²) in [6, 6.07) is -1.81. The van der Waals surface area contributed by atoms with Gasteiger partial charge >= 0.3 is 24.0 Å². The molecule has 0 saturated carbocycles. The van der Waals surface area contributed by atoms with Crippen LogP contribution in [0.5, 0.6) is 0 Å².